The lowest BCUT2D eigenvalue weighted by Gasteiger charge is -2.11. The van der Waals surface area contributed by atoms with Gasteiger partial charge in [-0.1, -0.05) is 18.2 Å². The van der Waals surface area contributed by atoms with E-state index in [2.05, 4.69) is 10.3 Å². The third-order valence-corrected chi connectivity index (χ3v) is 4.77. The molecule has 0 radical (unpaired) electrons. The maximum Gasteiger partial charge on any atom is 0.332 e. The summed E-state index contributed by atoms with van der Waals surface area (Å²) in [5.41, 5.74) is 2.82. The van der Waals surface area contributed by atoms with Gasteiger partial charge in [-0.3, -0.25) is 18.7 Å². The average Bonchev–Trinajstić information content (AvgIpc) is 3.05. The molecular formula is C19H23N5O3. The quantitative estimate of drug-likeness (QED) is 0.737. The molecule has 0 aliphatic heterocycles. The summed E-state index contributed by atoms with van der Waals surface area (Å²) in [7, 11) is 3.03. The zero-order valence-corrected chi connectivity index (χ0v) is 15.9. The molecule has 8 heteroatoms. The molecular weight excluding hydrogens is 346 g/mol. The minimum atomic E-state index is -0.411. The van der Waals surface area contributed by atoms with E-state index in [9.17, 15) is 14.4 Å². The van der Waals surface area contributed by atoms with E-state index in [0.29, 0.717) is 30.6 Å². The van der Waals surface area contributed by atoms with Gasteiger partial charge in [0.2, 0.25) is 5.91 Å². The fourth-order valence-electron chi connectivity index (χ4n) is 3.19. The standard InChI is InChI=1S/C19H23N5O3/c1-12-7-5-8-13(2)15(12)21-14(25)9-6-10-24-11-20-17-16(24)18(26)23(4)19(27)22(17)3/h5,7-8,11H,6,9-10H2,1-4H3,(H,21,25). The van der Waals surface area contributed by atoms with Gasteiger partial charge in [-0.2, -0.15) is 0 Å². The lowest BCUT2D eigenvalue weighted by Crippen LogP contribution is -2.37. The summed E-state index contributed by atoms with van der Waals surface area (Å²) < 4.78 is 4.11. The molecule has 1 N–H and O–H groups in total. The monoisotopic (exact) mass is 369 g/mol. The van der Waals surface area contributed by atoms with Gasteiger partial charge in [0.05, 0.1) is 6.33 Å². The number of nitrogens with zero attached hydrogens (tertiary/aromatic N) is 4. The molecule has 27 heavy (non-hydrogen) atoms. The van der Waals surface area contributed by atoms with Gasteiger partial charge in [0.15, 0.2) is 11.2 Å². The number of nitrogens with one attached hydrogen (secondary N) is 1. The Morgan fingerprint density at radius 1 is 1.11 bits per heavy atom. The van der Waals surface area contributed by atoms with Crippen molar-refractivity contribution >= 4 is 22.8 Å². The number of hydrogen-bond donors (Lipinski definition) is 1. The van der Waals surface area contributed by atoms with Crippen molar-refractivity contribution in [1.29, 1.82) is 0 Å². The number of carbonyl (C=O) groups excluding carboxylic acids is 1. The summed E-state index contributed by atoms with van der Waals surface area (Å²) in [6, 6.07) is 5.87. The molecule has 142 valence electrons. The first-order chi connectivity index (χ1) is 12.8. The molecule has 0 saturated carbocycles. The van der Waals surface area contributed by atoms with E-state index in [4.69, 9.17) is 0 Å². The molecule has 0 aliphatic rings. The molecule has 0 fully saturated rings. The number of benzene rings is 1. The topological polar surface area (TPSA) is 90.9 Å². The van der Waals surface area contributed by atoms with Gasteiger partial charge in [0.25, 0.3) is 5.56 Å². The van der Waals surface area contributed by atoms with Crippen LogP contribution < -0.4 is 16.6 Å². The van der Waals surface area contributed by atoms with Gasteiger partial charge in [-0.05, 0) is 31.4 Å². The van der Waals surface area contributed by atoms with Crippen molar-refractivity contribution in [3.05, 3.63) is 56.5 Å². The van der Waals surface area contributed by atoms with Crippen LogP contribution in [0.5, 0.6) is 0 Å². The van der Waals surface area contributed by atoms with Crippen LogP contribution in [0.25, 0.3) is 11.2 Å². The van der Waals surface area contributed by atoms with E-state index < -0.39 is 5.69 Å². The van der Waals surface area contributed by atoms with Crippen LogP contribution >= 0.6 is 0 Å². The predicted octanol–water partition coefficient (Wildman–Crippen LogP) is 1.47. The van der Waals surface area contributed by atoms with Crippen LogP contribution in [-0.2, 0) is 25.4 Å². The Hall–Kier alpha value is -3.16. The molecule has 3 rings (SSSR count). The first-order valence-electron chi connectivity index (χ1n) is 8.78. The minimum Gasteiger partial charge on any atom is -0.326 e. The molecule has 8 nitrogen and oxygen atoms in total. The third kappa shape index (κ3) is 3.42. The van der Waals surface area contributed by atoms with Gasteiger partial charge in [0.1, 0.15) is 0 Å². The van der Waals surface area contributed by atoms with Gasteiger partial charge in [0, 0.05) is 32.7 Å². The number of para-hydroxylation sites is 1. The Morgan fingerprint density at radius 3 is 2.44 bits per heavy atom. The van der Waals surface area contributed by atoms with Crippen LogP contribution in [0.3, 0.4) is 0 Å². The molecule has 0 saturated heterocycles. The SMILES string of the molecule is Cc1cccc(C)c1NC(=O)CCCn1cnc2c1c(=O)n(C)c(=O)n2C. The van der Waals surface area contributed by atoms with Crippen molar-refractivity contribution in [1.82, 2.24) is 18.7 Å². The highest BCUT2D eigenvalue weighted by Gasteiger charge is 2.14. The summed E-state index contributed by atoms with van der Waals surface area (Å²) in [4.78, 5) is 40.8. The van der Waals surface area contributed by atoms with E-state index in [-0.39, 0.29) is 11.5 Å². The molecule has 1 aromatic carbocycles. The first-order valence-corrected chi connectivity index (χ1v) is 8.78. The van der Waals surface area contributed by atoms with Crippen molar-refractivity contribution < 1.29 is 4.79 Å². The molecule has 0 unspecified atom stereocenters. The van der Waals surface area contributed by atoms with E-state index in [1.807, 2.05) is 32.0 Å². The number of fused-ring (bicyclic) bond motifs is 1. The van der Waals surface area contributed by atoms with Crippen LogP contribution in [0.1, 0.15) is 24.0 Å². The Labute approximate surface area is 156 Å². The molecule has 0 spiro atoms. The number of anilines is 1. The lowest BCUT2D eigenvalue weighted by molar-refractivity contribution is -0.116. The largest absolute Gasteiger partial charge is 0.332 e. The fourth-order valence-corrected chi connectivity index (χ4v) is 3.19. The Morgan fingerprint density at radius 2 is 1.78 bits per heavy atom. The highest BCUT2D eigenvalue weighted by Crippen LogP contribution is 2.19. The van der Waals surface area contributed by atoms with Crippen molar-refractivity contribution in [2.75, 3.05) is 5.32 Å². The highest BCUT2D eigenvalue weighted by atomic mass is 16.2. The van der Waals surface area contributed by atoms with Crippen LogP contribution in [-0.4, -0.2) is 24.6 Å². The molecule has 0 atom stereocenters. The lowest BCUT2D eigenvalue weighted by atomic mass is 10.1. The number of aromatic nitrogens is 4. The molecule has 2 heterocycles. The summed E-state index contributed by atoms with van der Waals surface area (Å²) in [5, 5.41) is 2.96. The number of rotatable bonds is 5. The number of carbonyl (C=O) groups is 1. The maximum atomic E-state index is 12.4. The summed E-state index contributed by atoms with van der Waals surface area (Å²) in [6.07, 6.45) is 2.41. The molecule has 3 aromatic rings. The minimum absolute atomic E-state index is 0.0721. The smallest absolute Gasteiger partial charge is 0.326 e. The average molecular weight is 369 g/mol. The van der Waals surface area contributed by atoms with Gasteiger partial charge in [-0.25, -0.2) is 9.78 Å². The number of aryl methyl sites for hydroxylation is 4. The second-order valence-corrected chi connectivity index (χ2v) is 6.73. The van der Waals surface area contributed by atoms with Gasteiger partial charge >= 0.3 is 5.69 Å². The van der Waals surface area contributed by atoms with Gasteiger partial charge < -0.3 is 9.88 Å². The summed E-state index contributed by atoms with van der Waals surface area (Å²) in [5.74, 6) is -0.0721. The number of amides is 1. The summed E-state index contributed by atoms with van der Waals surface area (Å²) in [6.45, 7) is 4.38. The van der Waals surface area contributed by atoms with Crippen LogP contribution in [0.15, 0.2) is 34.1 Å². The Balaban J connectivity index is 1.72. The van der Waals surface area contributed by atoms with E-state index in [1.54, 1.807) is 11.6 Å². The fraction of sp³-hybridized carbons (Fsp3) is 0.368. The van der Waals surface area contributed by atoms with Gasteiger partial charge in [-0.15, -0.1) is 0 Å². The Kier molecular flexibility index (Phi) is 4.98. The first kappa shape index (κ1) is 18.6. The summed E-state index contributed by atoms with van der Waals surface area (Å²) >= 11 is 0. The Bertz CT molecular complexity index is 1120. The van der Waals surface area contributed by atoms with Crippen molar-refractivity contribution in [3.63, 3.8) is 0 Å². The van der Waals surface area contributed by atoms with Crippen molar-refractivity contribution in [2.24, 2.45) is 14.1 Å². The zero-order chi connectivity index (χ0) is 19.7. The third-order valence-electron chi connectivity index (χ3n) is 4.77. The van der Waals surface area contributed by atoms with E-state index in [0.717, 1.165) is 21.4 Å². The highest BCUT2D eigenvalue weighted by molar-refractivity contribution is 5.92. The number of hydrogen-bond acceptors (Lipinski definition) is 4. The molecule has 2 aromatic heterocycles. The van der Waals surface area contributed by atoms with Crippen LogP contribution in [0.2, 0.25) is 0 Å². The second-order valence-electron chi connectivity index (χ2n) is 6.73. The van der Waals surface area contributed by atoms with Crippen molar-refractivity contribution in [3.8, 4) is 0 Å². The van der Waals surface area contributed by atoms with Crippen LogP contribution in [0, 0.1) is 13.8 Å². The van der Waals surface area contributed by atoms with Crippen LogP contribution in [0.4, 0.5) is 5.69 Å². The molecule has 0 bridgehead atoms. The second kappa shape index (κ2) is 7.22. The molecule has 0 aliphatic carbocycles. The number of imidazole rings is 1. The molecule has 1 amide bonds. The normalized spacial score (nSPS) is 11.1. The predicted molar refractivity (Wildman–Crippen MR) is 104 cm³/mol. The zero-order valence-electron chi connectivity index (χ0n) is 15.9. The van der Waals surface area contributed by atoms with Crippen molar-refractivity contribution in [2.45, 2.75) is 33.2 Å². The van der Waals surface area contributed by atoms with E-state index >= 15 is 0 Å². The maximum absolute atomic E-state index is 12.4. The van der Waals surface area contributed by atoms with E-state index in [1.165, 1.54) is 17.9 Å².